The molecule has 0 aromatic rings. The third-order valence-corrected chi connectivity index (χ3v) is 2.57. The molecule has 0 saturated carbocycles. The minimum Gasteiger partial charge on any atom is -0.388 e. The van der Waals surface area contributed by atoms with Crippen molar-refractivity contribution >= 4 is 5.91 Å². The molecule has 2 N–H and O–H groups in total. The summed E-state index contributed by atoms with van der Waals surface area (Å²) in [5, 5.41) is 18.5. The minimum absolute atomic E-state index is 0.173. The second-order valence-corrected chi connectivity index (χ2v) is 4.06. The largest absolute Gasteiger partial charge is 0.388 e. The molecular weight excluding hydrogens is 186 g/mol. The Morgan fingerprint density at radius 3 is 2.14 bits per heavy atom. The summed E-state index contributed by atoms with van der Waals surface area (Å²) in [5.74, 6) is -0.212. The van der Waals surface area contributed by atoms with E-state index in [2.05, 4.69) is 0 Å². The molecule has 5 nitrogen and oxygen atoms in total. The van der Waals surface area contributed by atoms with Gasteiger partial charge in [0.15, 0.2) is 0 Å². The van der Waals surface area contributed by atoms with Crippen molar-refractivity contribution in [3.05, 3.63) is 0 Å². The topological polar surface area (TPSA) is 70.0 Å². The number of rotatable bonds is 2. The van der Waals surface area contributed by atoms with Gasteiger partial charge in [0.1, 0.15) is 5.60 Å². The quantitative estimate of drug-likeness (QED) is 0.602. The summed E-state index contributed by atoms with van der Waals surface area (Å²) in [7, 11) is 1.46. The van der Waals surface area contributed by atoms with Crippen molar-refractivity contribution < 1.29 is 19.7 Å². The predicted molar refractivity (Wildman–Crippen MR) is 49.7 cm³/mol. The van der Waals surface area contributed by atoms with Gasteiger partial charge in [-0.05, 0) is 13.8 Å². The molecule has 2 unspecified atom stereocenters. The van der Waals surface area contributed by atoms with Gasteiger partial charge in [0.05, 0.1) is 12.2 Å². The first kappa shape index (κ1) is 11.4. The summed E-state index contributed by atoms with van der Waals surface area (Å²) in [4.78, 5) is 13.2. The molecule has 0 radical (unpaired) electrons. The highest BCUT2D eigenvalue weighted by Gasteiger charge is 2.39. The van der Waals surface area contributed by atoms with E-state index < -0.39 is 17.8 Å². The minimum atomic E-state index is -0.899. The molecule has 0 aliphatic carbocycles. The number of amides is 1. The molecule has 1 heterocycles. The maximum absolute atomic E-state index is 11.8. The van der Waals surface area contributed by atoms with Gasteiger partial charge in [-0.1, -0.05) is 0 Å². The van der Waals surface area contributed by atoms with Crippen molar-refractivity contribution in [2.45, 2.75) is 31.7 Å². The Hall–Kier alpha value is -0.650. The van der Waals surface area contributed by atoms with Gasteiger partial charge in [-0.15, -0.1) is 0 Å². The smallest absolute Gasteiger partial charge is 0.254 e. The van der Waals surface area contributed by atoms with Gasteiger partial charge in [-0.25, -0.2) is 0 Å². The lowest BCUT2D eigenvalue weighted by Gasteiger charge is -2.27. The van der Waals surface area contributed by atoms with Gasteiger partial charge in [0.2, 0.25) is 0 Å². The Bertz CT molecular complexity index is 219. The number of methoxy groups -OCH3 is 1. The van der Waals surface area contributed by atoms with Crippen molar-refractivity contribution in [1.29, 1.82) is 0 Å². The molecule has 1 aliphatic heterocycles. The molecule has 0 spiro atoms. The Kier molecular flexibility index (Phi) is 3.14. The number of hydrogen-bond donors (Lipinski definition) is 2. The molecule has 0 aromatic carbocycles. The zero-order valence-electron chi connectivity index (χ0n) is 8.73. The van der Waals surface area contributed by atoms with Crippen LogP contribution in [0.2, 0.25) is 0 Å². The van der Waals surface area contributed by atoms with Crippen molar-refractivity contribution in [3.63, 3.8) is 0 Å². The highest BCUT2D eigenvalue weighted by atomic mass is 16.5. The number of carbonyl (C=O) groups excluding carboxylic acids is 1. The van der Waals surface area contributed by atoms with Crippen molar-refractivity contribution in [2.75, 3.05) is 20.2 Å². The lowest BCUT2D eigenvalue weighted by Crippen LogP contribution is -2.45. The number of aliphatic hydroxyl groups is 2. The Morgan fingerprint density at radius 1 is 1.36 bits per heavy atom. The molecule has 14 heavy (non-hydrogen) atoms. The summed E-state index contributed by atoms with van der Waals surface area (Å²) < 4.78 is 5.03. The van der Waals surface area contributed by atoms with E-state index >= 15 is 0 Å². The third kappa shape index (κ3) is 2.05. The van der Waals surface area contributed by atoms with Crippen LogP contribution < -0.4 is 0 Å². The van der Waals surface area contributed by atoms with Crippen LogP contribution in [-0.4, -0.2) is 59.0 Å². The number of hydrogen-bond acceptors (Lipinski definition) is 4. The fourth-order valence-electron chi connectivity index (χ4n) is 1.40. The van der Waals surface area contributed by atoms with Crippen LogP contribution in [0.5, 0.6) is 0 Å². The number of β-amino-alcohol motifs (C(OH)–C–C–N with tert-alkyl or cyclic N) is 2. The van der Waals surface area contributed by atoms with E-state index in [-0.39, 0.29) is 19.0 Å². The molecule has 1 fully saturated rings. The molecule has 1 rings (SSSR count). The molecule has 0 bridgehead atoms. The van der Waals surface area contributed by atoms with Crippen LogP contribution in [0.25, 0.3) is 0 Å². The van der Waals surface area contributed by atoms with Crippen LogP contribution in [-0.2, 0) is 9.53 Å². The number of ether oxygens (including phenoxy) is 1. The standard InChI is InChI=1S/C9H17NO4/c1-9(2,14-3)8(13)10-4-6(11)7(12)5-10/h6-7,11-12H,4-5H2,1-3H3. The van der Waals surface area contributed by atoms with Gasteiger partial charge in [-0.2, -0.15) is 0 Å². The molecule has 5 heteroatoms. The van der Waals surface area contributed by atoms with Gasteiger partial charge >= 0.3 is 0 Å². The van der Waals surface area contributed by atoms with Gasteiger partial charge in [0, 0.05) is 20.2 Å². The normalized spacial score (nSPS) is 28.2. The fraction of sp³-hybridized carbons (Fsp3) is 0.889. The predicted octanol–water partition coefficient (Wildman–Crippen LogP) is -1.02. The van der Waals surface area contributed by atoms with E-state index in [1.807, 2.05) is 0 Å². The van der Waals surface area contributed by atoms with Crippen LogP contribution >= 0.6 is 0 Å². The highest BCUT2D eigenvalue weighted by molar-refractivity contribution is 5.84. The van der Waals surface area contributed by atoms with Crippen LogP contribution in [0.3, 0.4) is 0 Å². The van der Waals surface area contributed by atoms with Crippen molar-refractivity contribution in [3.8, 4) is 0 Å². The van der Waals surface area contributed by atoms with Crippen molar-refractivity contribution in [1.82, 2.24) is 4.90 Å². The summed E-state index contributed by atoms with van der Waals surface area (Å²) >= 11 is 0. The molecule has 1 amide bonds. The molecule has 1 saturated heterocycles. The molecule has 2 atom stereocenters. The first-order valence-electron chi connectivity index (χ1n) is 4.59. The second kappa shape index (κ2) is 3.84. The van der Waals surface area contributed by atoms with Gasteiger partial charge in [-0.3, -0.25) is 4.79 Å². The van der Waals surface area contributed by atoms with Crippen LogP contribution in [0, 0.1) is 0 Å². The van der Waals surface area contributed by atoms with E-state index in [0.717, 1.165) is 0 Å². The maximum Gasteiger partial charge on any atom is 0.254 e. The zero-order valence-corrected chi connectivity index (χ0v) is 8.73. The Morgan fingerprint density at radius 2 is 1.79 bits per heavy atom. The monoisotopic (exact) mass is 203 g/mol. The molecule has 82 valence electrons. The van der Waals surface area contributed by atoms with Gasteiger partial charge in [0.25, 0.3) is 5.91 Å². The molecule has 1 aliphatic rings. The number of likely N-dealkylation sites (tertiary alicyclic amines) is 1. The zero-order chi connectivity index (χ0) is 10.9. The summed E-state index contributed by atoms with van der Waals surface area (Å²) in [6.45, 7) is 3.67. The molecule has 0 aromatic heterocycles. The van der Waals surface area contributed by atoms with E-state index in [0.29, 0.717) is 0 Å². The van der Waals surface area contributed by atoms with E-state index in [1.165, 1.54) is 12.0 Å². The summed E-state index contributed by atoms with van der Waals surface area (Å²) in [6.07, 6.45) is -1.68. The lowest BCUT2D eigenvalue weighted by molar-refractivity contribution is -0.150. The van der Waals surface area contributed by atoms with Crippen LogP contribution in [0.4, 0.5) is 0 Å². The Labute approximate surface area is 83.3 Å². The summed E-state index contributed by atoms with van der Waals surface area (Å²) in [5.41, 5.74) is -0.899. The average molecular weight is 203 g/mol. The number of aliphatic hydroxyl groups excluding tert-OH is 2. The first-order valence-corrected chi connectivity index (χ1v) is 4.59. The van der Waals surface area contributed by atoms with E-state index in [4.69, 9.17) is 4.74 Å². The second-order valence-electron chi connectivity index (χ2n) is 4.06. The van der Waals surface area contributed by atoms with Crippen molar-refractivity contribution in [2.24, 2.45) is 0 Å². The maximum atomic E-state index is 11.8. The highest BCUT2D eigenvalue weighted by Crippen LogP contribution is 2.17. The average Bonchev–Trinajstić information content (AvgIpc) is 2.45. The van der Waals surface area contributed by atoms with Crippen LogP contribution in [0.15, 0.2) is 0 Å². The fourth-order valence-corrected chi connectivity index (χ4v) is 1.40. The first-order chi connectivity index (χ1) is 6.38. The number of nitrogens with zero attached hydrogens (tertiary/aromatic N) is 1. The van der Waals surface area contributed by atoms with E-state index in [9.17, 15) is 15.0 Å². The number of carbonyl (C=O) groups is 1. The molecular formula is C9H17NO4. The van der Waals surface area contributed by atoms with Gasteiger partial charge < -0.3 is 19.8 Å². The lowest BCUT2D eigenvalue weighted by atomic mass is 10.1. The third-order valence-electron chi connectivity index (χ3n) is 2.57. The Balaban J connectivity index is 2.64. The van der Waals surface area contributed by atoms with E-state index in [1.54, 1.807) is 13.8 Å². The van der Waals surface area contributed by atoms with Crippen LogP contribution in [0.1, 0.15) is 13.8 Å². The SMILES string of the molecule is COC(C)(C)C(=O)N1CC(O)C(O)C1. The summed E-state index contributed by atoms with van der Waals surface area (Å²) in [6, 6.07) is 0.